The molecule has 0 bridgehead atoms. The topological polar surface area (TPSA) is 81.1 Å². The fraction of sp³-hybridized carbons (Fsp3) is 0.615. The minimum absolute atomic E-state index is 0.219. The van der Waals surface area contributed by atoms with Crippen molar-refractivity contribution in [3.8, 4) is 0 Å². The standard InChI is InChI=1S/C13H19N5O2/c1-5-10-14-16-11(17-15-10)9-7-6-8-18(9)12(19)20-13(2,3)4/h5,9H,1,6-8H2,2-4H3/t9-/m1/s1. The third-order valence-electron chi connectivity index (χ3n) is 2.87. The highest BCUT2D eigenvalue weighted by atomic mass is 16.6. The predicted octanol–water partition coefficient (Wildman–Crippen LogP) is 1.98. The molecule has 0 N–H and O–H groups in total. The molecule has 1 fully saturated rings. The summed E-state index contributed by atoms with van der Waals surface area (Å²) >= 11 is 0. The van der Waals surface area contributed by atoms with Gasteiger partial charge in [0.05, 0.1) is 6.04 Å². The van der Waals surface area contributed by atoms with Crippen LogP contribution in [0.15, 0.2) is 6.58 Å². The Morgan fingerprint density at radius 1 is 1.35 bits per heavy atom. The number of aromatic nitrogens is 4. The Labute approximate surface area is 118 Å². The Hall–Kier alpha value is -2.05. The van der Waals surface area contributed by atoms with E-state index in [9.17, 15) is 4.79 Å². The molecule has 1 amide bonds. The zero-order valence-corrected chi connectivity index (χ0v) is 12.0. The number of carbonyl (C=O) groups is 1. The van der Waals surface area contributed by atoms with Crippen molar-refractivity contribution in [3.05, 3.63) is 18.2 Å². The van der Waals surface area contributed by atoms with E-state index >= 15 is 0 Å². The maximum atomic E-state index is 12.2. The zero-order chi connectivity index (χ0) is 14.8. The Bertz CT molecular complexity index is 494. The number of likely N-dealkylation sites (tertiary alicyclic amines) is 1. The smallest absolute Gasteiger partial charge is 0.410 e. The Morgan fingerprint density at radius 2 is 2.00 bits per heavy atom. The van der Waals surface area contributed by atoms with E-state index in [1.165, 1.54) is 6.08 Å². The van der Waals surface area contributed by atoms with Gasteiger partial charge in [-0.15, -0.1) is 20.4 Å². The molecule has 7 nitrogen and oxygen atoms in total. The highest BCUT2D eigenvalue weighted by Crippen LogP contribution is 2.30. The monoisotopic (exact) mass is 277 g/mol. The number of carbonyl (C=O) groups excluding carboxylic acids is 1. The molecule has 0 saturated carbocycles. The average molecular weight is 277 g/mol. The van der Waals surface area contributed by atoms with Gasteiger partial charge in [-0.05, 0) is 39.7 Å². The van der Waals surface area contributed by atoms with Crippen molar-refractivity contribution in [2.75, 3.05) is 6.54 Å². The van der Waals surface area contributed by atoms with E-state index in [1.54, 1.807) is 4.90 Å². The minimum atomic E-state index is -0.520. The van der Waals surface area contributed by atoms with E-state index in [4.69, 9.17) is 4.74 Å². The summed E-state index contributed by atoms with van der Waals surface area (Å²) in [5, 5.41) is 15.8. The summed E-state index contributed by atoms with van der Waals surface area (Å²) in [6.45, 7) is 9.71. The third kappa shape index (κ3) is 3.28. The van der Waals surface area contributed by atoms with Crippen LogP contribution in [0.1, 0.15) is 51.3 Å². The van der Waals surface area contributed by atoms with Gasteiger partial charge in [-0.3, -0.25) is 4.90 Å². The molecule has 0 aliphatic carbocycles. The van der Waals surface area contributed by atoms with Crippen LogP contribution in [0.3, 0.4) is 0 Å². The first kappa shape index (κ1) is 14.4. The fourth-order valence-corrected chi connectivity index (χ4v) is 2.03. The van der Waals surface area contributed by atoms with Gasteiger partial charge in [-0.2, -0.15) is 0 Å². The number of hydrogen-bond acceptors (Lipinski definition) is 6. The second-order valence-electron chi connectivity index (χ2n) is 5.65. The van der Waals surface area contributed by atoms with Gasteiger partial charge in [0.1, 0.15) is 5.60 Å². The molecule has 1 aromatic rings. The van der Waals surface area contributed by atoms with E-state index in [2.05, 4.69) is 27.0 Å². The van der Waals surface area contributed by atoms with Gasteiger partial charge in [0.2, 0.25) is 0 Å². The number of nitrogens with zero attached hydrogens (tertiary/aromatic N) is 5. The van der Waals surface area contributed by atoms with Crippen LogP contribution in [0.5, 0.6) is 0 Å². The fourth-order valence-electron chi connectivity index (χ4n) is 2.03. The van der Waals surface area contributed by atoms with Crippen molar-refractivity contribution in [1.29, 1.82) is 0 Å². The normalized spacial score (nSPS) is 18.9. The van der Waals surface area contributed by atoms with Crippen LogP contribution in [-0.4, -0.2) is 43.5 Å². The third-order valence-corrected chi connectivity index (χ3v) is 2.87. The molecule has 0 radical (unpaired) electrons. The van der Waals surface area contributed by atoms with Gasteiger partial charge in [-0.25, -0.2) is 4.79 Å². The molecule has 2 heterocycles. The SMILES string of the molecule is C=Cc1nnc([C@H]2CCCN2C(=O)OC(C)(C)C)nn1. The highest BCUT2D eigenvalue weighted by Gasteiger charge is 2.35. The van der Waals surface area contributed by atoms with Crippen molar-refractivity contribution in [2.24, 2.45) is 0 Å². The van der Waals surface area contributed by atoms with Gasteiger partial charge in [0, 0.05) is 6.54 Å². The van der Waals surface area contributed by atoms with Gasteiger partial charge < -0.3 is 4.74 Å². The first-order valence-electron chi connectivity index (χ1n) is 6.60. The summed E-state index contributed by atoms with van der Waals surface area (Å²) in [4.78, 5) is 13.8. The molecular weight excluding hydrogens is 258 g/mol. The quantitative estimate of drug-likeness (QED) is 0.822. The highest BCUT2D eigenvalue weighted by molar-refractivity contribution is 5.69. The number of amides is 1. The van der Waals surface area contributed by atoms with Crippen LogP contribution < -0.4 is 0 Å². The average Bonchev–Trinajstić information content (AvgIpc) is 2.86. The van der Waals surface area contributed by atoms with E-state index in [-0.39, 0.29) is 12.1 Å². The number of hydrogen-bond donors (Lipinski definition) is 0. The summed E-state index contributed by atoms with van der Waals surface area (Å²) in [5.41, 5.74) is -0.520. The van der Waals surface area contributed by atoms with E-state index in [0.29, 0.717) is 18.2 Å². The lowest BCUT2D eigenvalue weighted by Gasteiger charge is -2.27. The van der Waals surface area contributed by atoms with Crippen molar-refractivity contribution >= 4 is 12.2 Å². The Kier molecular flexibility index (Phi) is 3.96. The van der Waals surface area contributed by atoms with Crippen LogP contribution in [0.2, 0.25) is 0 Å². The first-order chi connectivity index (χ1) is 9.40. The molecule has 1 aromatic heterocycles. The maximum absolute atomic E-state index is 12.2. The lowest BCUT2D eigenvalue weighted by atomic mass is 10.2. The molecule has 0 unspecified atom stereocenters. The van der Waals surface area contributed by atoms with Crippen LogP contribution in [0, 0.1) is 0 Å². The molecule has 0 spiro atoms. The van der Waals surface area contributed by atoms with Crippen molar-refractivity contribution in [3.63, 3.8) is 0 Å². The second kappa shape index (κ2) is 5.52. The van der Waals surface area contributed by atoms with E-state index < -0.39 is 5.60 Å². The lowest BCUT2D eigenvalue weighted by Crippen LogP contribution is -2.37. The summed E-state index contributed by atoms with van der Waals surface area (Å²) < 4.78 is 5.39. The zero-order valence-electron chi connectivity index (χ0n) is 12.0. The van der Waals surface area contributed by atoms with Gasteiger partial charge in [0.25, 0.3) is 0 Å². The minimum Gasteiger partial charge on any atom is -0.444 e. The van der Waals surface area contributed by atoms with Gasteiger partial charge >= 0.3 is 6.09 Å². The summed E-state index contributed by atoms with van der Waals surface area (Å²) in [6.07, 6.45) is 2.80. The number of rotatable bonds is 2. The molecule has 1 aliphatic rings. The van der Waals surface area contributed by atoms with Crippen molar-refractivity contribution in [1.82, 2.24) is 25.3 Å². The van der Waals surface area contributed by atoms with Crippen LogP contribution >= 0.6 is 0 Å². The van der Waals surface area contributed by atoms with Crippen molar-refractivity contribution < 1.29 is 9.53 Å². The second-order valence-corrected chi connectivity index (χ2v) is 5.65. The molecular formula is C13H19N5O2. The van der Waals surface area contributed by atoms with Gasteiger partial charge in [0.15, 0.2) is 11.6 Å². The summed E-state index contributed by atoms with van der Waals surface area (Å²) in [5.74, 6) is 0.814. The molecule has 7 heteroatoms. The summed E-state index contributed by atoms with van der Waals surface area (Å²) in [6, 6.07) is -0.219. The molecule has 20 heavy (non-hydrogen) atoms. The van der Waals surface area contributed by atoms with Crippen LogP contribution in [-0.2, 0) is 4.74 Å². The van der Waals surface area contributed by atoms with Crippen LogP contribution in [0.4, 0.5) is 4.79 Å². The van der Waals surface area contributed by atoms with E-state index in [0.717, 1.165) is 12.8 Å². The molecule has 0 aromatic carbocycles. The predicted molar refractivity (Wildman–Crippen MR) is 72.6 cm³/mol. The first-order valence-corrected chi connectivity index (χ1v) is 6.60. The van der Waals surface area contributed by atoms with Crippen LogP contribution in [0.25, 0.3) is 6.08 Å². The molecule has 1 aliphatic heterocycles. The molecule has 2 rings (SSSR count). The maximum Gasteiger partial charge on any atom is 0.410 e. The summed E-state index contributed by atoms with van der Waals surface area (Å²) in [7, 11) is 0. The van der Waals surface area contributed by atoms with Gasteiger partial charge in [-0.1, -0.05) is 6.58 Å². The molecule has 108 valence electrons. The lowest BCUT2D eigenvalue weighted by molar-refractivity contribution is 0.0216. The molecule has 1 atom stereocenters. The Morgan fingerprint density at radius 3 is 2.55 bits per heavy atom. The van der Waals surface area contributed by atoms with Crippen molar-refractivity contribution in [2.45, 2.75) is 45.3 Å². The van der Waals surface area contributed by atoms with E-state index in [1.807, 2.05) is 20.8 Å². The largest absolute Gasteiger partial charge is 0.444 e. The number of ether oxygens (including phenoxy) is 1. The Balaban J connectivity index is 2.13. The molecule has 1 saturated heterocycles.